The summed E-state index contributed by atoms with van der Waals surface area (Å²) in [5.41, 5.74) is -0.587. The van der Waals surface area contributed by atoms with Crippen molar-refractivity contribution in [2.45, 2.75) is 31.5 Å². The van der Waals surface area contributed by atoms with Gasteiger partial charge in [-0.3, -0.25) is 0 Å². The molecule has 0 saturated carbocycles. The van der Waals surface area contributed by atoms with E-state index in [4.69, 9.17) is 5.11 Å². The summed E-state index contributed by atoms with van der Waals surface area (Å²) in [4.78, 5) is 0. The molecule has 0 bridgehead atoms. The third kappa shape index (κ3) is 2.22. The maximum Gasteiger partial charge on any atom is 0.412 e. The number of hydrogen-bond donors (Lipinski definition) is 1. The Balaban J connectivity index is 2.71. The molecule has 0 unspecified atom stereocenters. The van der Waals surface area contributed by atoms with Crippen molar-refractivity contribution in [1.29, 1.82) is 0 Å². The Morgan fingerprint density at radius 3 is 2.45 bits per heavy atom. The van der Waals surface area contributed by atoms with Gasteiger partial charge in [0.2, 0.25) is 0 Å². The molecular weight excluding hydrogens is 157 g/mol. The van der Waals surface area contributed by atoms with Gasteiger partial charge in [-0.1, -0.05) is 0 Å². The molecule has 1 atom stereocenters. The summed E-state index contributed by atoms with van der Waals surface area (Å²) >= 11 is 0. The van der Waals surface area contributed by atoms with Crippen LogP contribution in [0.2, 0.25) is 0 Å². The molecule has 0 heterocycles. The van der Waals surface area contributed by atoms with Gasteiger partial charge in [0.25, 0.3) is 0 Å². The molecule has 1 nitrogen and oxygen atoms in total. The lowest BCUT2D eigenvalue weighted by molar-refractivity contribution is -0.0963. The molecule has 0 amide bonds. The van der Waals surface area contributed by atoms with Crippen LogP contribution in [0, 0.1) is 0 Å². The minimum Gasteiger partial charge on any atom is -0.389 e. The van der Waals surface area contributed by atoms with E-state index in [-0.39, 0.29) is 6.42 Å². The molecule has 0 aromatic heterocycles. The maximum atomic E-state index is 11.9. The first-order chi connectivity index (χ1) is 5.00. The van der Waals surface area contributed by atoms with Crippen LogP contribution in [-0.2, 0) is 0 Å². The molecule has 0 fully saturated rings. The molecule has 0 aliphatic heterocycles. The second kappa shape index (κ2) is 2.85. The van der Waals surface area contributed by atoms with Gasteiger partial charge in [-0.2, -0.15) is 13.2 Å². The Labute approximate surface area is 62.5 Å². The van der Waals surface area contributed by atoms with Gasteiger partial charge >= 0.3 is 6.18 Å². The molecule has 0 aromatic rings. The van der Waals surface area contributed by atoms with Crippen LogP contribution in [0.15, 0.2) is 11.6 Å². The zero-order chi connectivity index (χ0) is 8.48. The van der Waals surface area contributed by atoms with Crippen molar-refractivity contribution in [3.05, 3.63) is 11.6 Å². The van der Waals surface area contributed by atoms with Gasteiger partial charge in [0, 0.05) is 5.57 Å². The van der Waals surface area contributed by atoms with E-state index >= 15 is 0 Å². The van der Waals surface area contributed by atoms with Crippen LogP contribution in [0.25, 0.3) is 0 Å². The lowest BCUT2D eigenvalue weighted by Gasteiger charge is -2.18. The minimum absolute atomic E-state index is 0.0422. The topological polar surface area (TPSA) is 20.2 Å². The number of allylic oxidation sites excluding steroid dienone is 1. The molecular formula is C7H9F3O. The molecule has 0 spiro atoms. The smallest absolute Gasteiger partial charge is 0.389 e. The number of halogens is 3. The van der Waals surface area contributed by atoms with Crippen LogP contribution in [0.1, 0.15) is 19.3 Å². The van der Waals surface area contributed by atoms with Crippen molar-refractivity contribution in [2.75, 3.05) is 0 Å². The molecule has 4 heteroatoms. The highest BCUT2D eigenvalue weighted by Gasteiger charge is 2.34. The first kappa shape index (κ1) is 8.59. The largest absolute Gasteiger partial charge is 0.412 e. The van der Waals surface area contributed by atoms with Gasteiger partial charge in [-0.05, 0) is 25.3 Å². The summed E-state index contributed by atoms with van der Waals surface area (Å²) in [6, 6.07) is 0. The number of alkyl halides is 3. The van der Waals surface area contributed by atoms with Crippen LogP contribution in [0.3, 0.4) is 0 Å². The minimum atomic E-state index is -4.25. The Morgan fingerprint density at radius 2 is 2.09 bits per heavy atom. The van der Waals surface area contributed by atoms with E-state index in [2.05, 4.69) is 0 Å². The SMILES string of the molecule is O[C@H]1C=C(C(F)(F)F)CCC1. The highest BCUT2D eigenvalue weighted by molar-refractivity contribution is 5.13. The molecule has 1 aliphatic rings. The normalized spacial score (nSPS) is 26.5. The highest BCUT2D eigenvalue weighted by Crippen LogP contribution is 2.32. The quantitative estimate of drug-likeness (QED) is 0.546. The van der Waals surface area contributed by atoms with Gasteiger partial charge in [-0.25, -0.2) is 0 Å². The van der Waals surface area contributed by atoms with Crippen molar-refractivity contribution in [3.8, 4) is 0 Å². The van der Waals surface area contributed by atoms with Crippen LogP contribution in [0.4, 0.5) is 13.2 Å². The summed E-state index contributed by atoms with van der Waals surface area (Å²) in [7, 11) is 0. The van der Waals surface area contributed by atoms with Gasteiger partial charge < -0.3 is 5.11 Å². The lowest BCUT2D eigenvalue weighted by Crippen LogP contribution is -2.19. The fourth-order valence-corrected chi connectivity index (χ4v) is 1.14. The zero-order valence-corrected chi connectivity index (χ0v) is 5.86. The standard InChI is InChI=1S/C7H9F3O/c8-7(9,10)5-2-1-3-6(11)4-5/h4,6,11H,1-3H2/t6-/m1/s1. The summed E-state index contributed by atoms with van der Waals surface area (Å²) in [6.07, 6.45) is -3.34. The van der Waals surface area contributed by atoms with E-state index in [0.29, 0.717) is 12.8 Å². The van der Waals surface area contributed by atoms with Crippen molar-refractivity contribution in [2.24, 2.45) is 0 Å². The van der Waals surface area contributed by atoms with Gasteiger partial charge in [0.05, 0.1) is 6.10 Å². The fourth-order valence-electron chi connectivity index (χ4n) is 1.14. The maximum absolute atomic E-state index is 11.9. The van der Waals surface area contributed by atoms with Gasteiger partial charge in [0.1, 0.15) is 0 Å². The van der Waals surface area contributed by atoms with Crippen molar-refractivity contribution < 1.29 is 18.3 Å². The van der Waals surface area contributed by atoms with Gasteiger partial charge in [0.15, 0.2) is 0 Å². The first-order valence-corrected chi connectivity index (χ1v) is 3.46. The van der Waals surface area contributed by atoms with E-state index in [1.54, 1.807) is 0 Å². The summed E-state index contributed by atoms with van der Waals surface area (Å²) < 4.78 is 35.8. The molecule has 1 aliphatic carbocycles. The molecule has 0 aromatic carbocycles. The third-order valence-corrected chi connectivity index (χ3v) is 1.70. The summed E-state index contributed by atoms with van der Waals surface area (Å²) in [6.45, 7) is 0. The Kier molecular flexibility index (Phi) is 2.23. The van der Waals surface area contributed by atoms with E-state index in [9.17, 15) is 13.2 Å². The molecule has 11 heavy (non-hydrogen) atoms. The summed E-state index contributed by atoms with van der Waals surface area (Å²) in [5, 5.41) is 8.87. The zero-order valence-electron chi connectivity index (χ0n) is 5.86. The number of rotatable bonds is 0. The number of aliphatic hydroxyl groups excluding tert-OH is 1. The molecule has 64 valence electrons. The highest BCUT2D eigenvalue weighted by atomic mass is 19.4. The predicted octanol–water partition coefficient (Wildman–Crippen LogP) is 2.02. The summed E-state index contributed by atoms with van der Waals surface area (Å²) in [5.74, 6) is 0. The average Bonchev–Trinajstić information content (AvgIpc) is 1.86. The molecule has 0 radical (unpaired) electrons. The van der Waals surface area contributed by atoms with E-state index in [1.165, 1.54) is 0 Å². The number of aliphatic hydroxyl groups is 1. The van der Waals surface area contributed by atoms with Crippen LogP contribution < -0.4 is 0 Å². The van der Waals surface area contributed by atoms with E-state index in [1.807, 2.05) is 0 Å². The van der Waals surface area contributed by atoms with E-state index in [0.717, 1.165) is 6.08 Å². The Morgan fingerprint density at radius 1 is 1.45 bits per heavy atom. The molecule has 1 N–H and O–H groups in total. The third-order valence-electron chi connectivity index (χ3n) is 1.70. The van der Waals surface area contributed by atoms with Crippen LogP contribution in [0.5, 0.6) is 0 Å². The number of hydrogen-bond acceptors (Lipinski definition) is 1. The Bertz CT molecular complexity index is 171. The van der Waals surface area contributed by atoms with Crippen LogP contribution >= 0.6 is 0 Å². The average molecular weight is 166 g/mol. The van der Waals surface area contributed by atoms with Crippen molar-refractivity contribution in [3.63, 3.8) is 0 Å². The lowest BCUT2D eigenvalue weighted by atomic mass is 9.97. The second-order valence-electron chi connectivity index (χ2n) is 2.65. The van der Waals surface area contributed by atoms with Crippen LogP contribution in [-0.4, -0.2) is 17.4 Å². The Hall–Kier alpha value is -0.510. The van der Waals surface area contributed by atoms with E-state index < -0.39 is 17.9 Å². The second-order valence-corrected chi connectivity index (χ2v) is 2.65. The van der Waals surface area contributed by atoms with Crippen molar-refractivity contribution in [1.82, 2.24) is 0 Å². The van der Waals surface area contributed by atoms with Crippen molar-refractivity contribution >= 4 is 0 Å². The molecule has 0 saturated heterocycles. The molecule has 1 rings (SSSR count). The van der Waals surface area contributed by atoms with Gasteiger partial charge in [-0.15, -0.1) is 0 Å². The predicted molar refractivity (Wildman–Crippen MR) is 34.0 cm³/mol. The fraction of sp³-hybridized carbons (Fsp3) is 0.714. The monoisotopic (exact) mass is 166 g/mol. The first-order valence-electron chi connectivity index (χ1n) is 3.46.